The first-order chi connectivity index (χ1) is 8.59. The molecule has 1 aromatic carbocycles. The predicted molar refractivity (Wildman–Crippen MR) is 76.1 cm³/mol. The third-order valence-electron chi connectivity index (χ3n) is 3.74. The SMILES string of the molecule is Cc1cc(Br)cc2c1n(C1CCNC1)c(=O)n2C. The van der Waals surface area contributed by atoms with E-state index in [0.29, 0.717) is 0 Å². The van der Waals surface area contributed by atoms with Gasteiger partial charge in [-0.05, 0) is 37.6 Å². The van der Waals surface area contributed by atoms with E-state index in [2.05, 4.69) is 34.2 Å². The molecule has 0 bridgehead atoms. The van der Waals surface area contributed by atoms with Crippen molar-refractivity contribution >= 4 is 27.0 Å². The van der Waals surface area contributed by atoms with Crippen molar-refractivity contribution in [3.63, 3.8) is 0 Å². The molecule has 0 amide bonds. The maximum absolute atomic E-state index is 12.4. The number of nitrogens with zero attached hydrogens (tertiary/aromatic N) is 2. The van der Waals surface area contributed by atoms with Crippen LogP contribution in [0.25, 0.3) is 11.0 Å². The van der Waals surface area contributed by atoms with Crippen molar-refractivity contribution < 1.29 is 0 Å². The summed E-state index contributed by atoms with van der Waals surface area (Å²) < 4.78 is 4.72. The number of halogens is 1. The number of rotatable bonds is 1. The van der Waals surface area contributed by atoms with E-state index in [-0.39, 0.29) is 11.7 Å². The van der Waals surface area contributed by atoms with E-state index >= 15 is 0 Å². The minimum atomic E-state index is 0.0832. The molecule has 96 valence electrons. The van der Waals surface area contributed by atoms with Gasteiger partial charge in [-0.25, -0.2) is 4.79 Å². The number of aromatic nitrogens is 2. The van der Waals surface area contributed by atoms with Crippen molar-refractivity contribution in [3.05, 3.63) is 32.7 Å². The summed E-state index contributed by atoms with van der Waals surface area (Å²) in [6, 6.07) is 4.37. The quantitative estimate of drug-likeness (QED) is 0.874. The number of hydrogen-bond donors (Lipinski definition) is 1. The van der Waals surface area contributed by atoms with Crippen molar-refractivity contribution in [2.75, 3.05) is 13.1 Å². The lowest BCUT2D eigenvalue weighted by atomic mass is 10.2. The van der Waals surface area contributed by atoms with Crippen LogP contribution in [0.15, 0.2) is 21.4 Å². The Kier molecular flexibility index (Phi) is 2.83. The van der Waals surface area contributed by atoms with Gasteiger partial charge in [0.2, 0.25) is 0 Å². The van der Waals surface area contributed by atoms with E-state index in [9.17, 15) is 4.79 Å². The summed E-state index contributed by atoms with van der Waals surface area (Å²) in [5.41, 5.74) is 3.29. The molecule has 3 rings (SSSR count). The zero-order valence-corrected chi connectivity index (χ0v) is 12.1. The maximum atomic E-state index is 12.4. The van der Waals surface area contributed by atoms with Crippen LogP contribution in [0.5, 0.6) is 0 Å². The van der Waals surface area contributed by atoms with Crippen LogP contribution in [0.1, 0.15) is 18.0 Å². The van der Waals surface area contributed by atoms with Crippen molar-refractivity contribution in [1.82, 2.24) is 14.5 Å². The molecule has 0 spiro atoms. The Balaban J connectivity index is 2.37. The van der Waals surface area contributed by atoms with Crippen molar-refractivity contribution in [1.29, 1.82) is 0 Å². The van der Waals surface area contributed by atoms with E-state index in [4.69, 9.17) is 0 Å². The van der Waals surface area contributed by atoms with Crippen LogP contribution in [0, 0.1) is 6.92 Å². The van der Waals surface area contributed by atoms with Gasteiger partial charge in [0.25, 0.3) is 0 Å². The van der Waals surface area contributed by atoms with Gasteiger partial charge in [0, 0.05) is 18.1 Å². The van der Waals surface area contributed by atoms with Crippen LogP contribution in [-0.2, 0) is 7.05 Å². The van der Waals surface area contributed by atoms with Crippen LogP contribution >= 0.6 is 15.9 Å². The minimum Gasteiger partial charge on any atom is -0.315 e. The largest absolute Gasteiger partial charge is 0.329 e. The van der Waals surface area contributed by atoms with Gasteiger partial charge in [-0.2, -0.15) is 0 Å². The molecule has 1 unspecified atom stereocenters. The highest BCUT2D eigenvalue weighted by Gasteiger charge is 2.23. The molecule has 0 aliphatic carbocycles. The molecule has 1 aliphatic heterocycles. The summed E-state index contributed by atoms with van der Waals surface area (Å²) in [7, 11) is 1.84. The zero-order chi connectivity index (χ0) is 12.9. The fourth-order valence-corrected chi connectivity index (χ4v) is 3.41. The van der Waals surface area contributed by atoms with Crippen molar-refractivity contribution in [2.24, 2.45) is 7.05 Å². The molecule has 2 heterocycles. The second-order valence-electron chi connectivity index (χ2n) is 4.95. The average Bonchev–Trinajstić information content (AvgIpc) is 2.90. The number of benzene rings is 1. The molecule has 1 aliphatic rings. The van der Waals surface area contributed by atoms with E-state index in [1.165, 1.54) is 0 Å². The Labute approximate surface area is 114 Å². The summed E-state index contributed by atoms with van der Waals surface area (Å²) in [4.78, 5) is 12.4. The third kappa shape index (κ3) is 1.65. The molecule has 2 aromatic rings. The monoisotopic (exact) mass is 309 g/mol. The predicted octanol–water partition coefficient (Wildman–Crippen LogP) is 1.95. The number of imidazole rings is 1. The maximum Gasteiger partial charge on any atom is 0.329 e. The van der Waals surface area contributed by atoms with Crippen molar-refractivity contribution in [3.8, 4) is 0 Å². The molecule has 1 fully saturated rings. The average molecular weight is 310 g/mol. The molecule has 5 heteroatoms. The summed E-state index contributed by atoms with van der Waals surface area (Å²) in [6.45, 7) is 3.93. The smallest absolute Gasteiger partial charge is 0.315 e. The standard InChI is InChI=1S/C13H16BrN3O/c1-8-5-9(14)6-11-12(8)17(13(18)16(11)2)10-3-4-15-7-10/h5-6,10,15H,3-4,7H2,1-2H3. The second-order valence-corrected chi connectivity index (χ2v) is 5.86. The van der Waals surface area contributed by atoms with Gasteiger partial charge in [-0.15, -0.1) is 0 Å². The first kappa shape index (κ1) is 12.0. The van der Waals surface area contributed by atoms with Gasteiger partial charge < -0.3 is 5.32 Å². The lowest BCUT2D eigenvalue weighted by molar-refractivity contribution is 0.535. The fourth-order valence-electron chi connectivity index (χ4n) is 2.85. The second kappa shape index (κ2) is 4.24. The van der Waals surface area contributed by atoms with Gasteiger partial charge in [-0.3, -0.25) is 9.13 Å². The summed E-state index contributed by atoms with van der Waals surface area (Å²) in [6.07, 6.45) is 1.02. The van der Waals surface area contributed by atoms with Crippen LogP contribution in [0.4, 0.5) is 0 Å². The summed E-state index contributed by atoms with van der Waals surface area (Å²) in [5, 5.41) is 3.32. The van der Waals surface area contributed by atoms with Gasteiger partial charge in [0.15, 0.2) is 0 Å². The number of fused-ring (bicyclic) bond motifs is 1. The van der Waals surface area contributed by atoms with Crippen LogP contribution in [0.2, 0.25) is 0 Å². The van der Waals surface area contributed by atoms with Gasteiger partial charge in [0.05, 0.1) is 17.1 Å². The van der Waals surface area contributed by atoms with Gasteiger partial charge in [0.1, 0.15) is 0 Å². The normalized spacial score (nSPS) is 19.8. The third-order valence-corrected chi connectivity index (χ3v) is 4.20. The Morgan fingerprint density at radius 1 is 1.44 bits per heavy atom. The number of hydrogen-bond acceptors (Lipinski definition) is 2. The molecule has 1 N–H and O–H groups in total. The number of nitrogens with one attached hydrogen (secondary N) is 1. The van der Waals surface area contributed by atoms with E-state index in [1.54, 1.807) is 4.57 Å². The molecule has 0 saturated carbocycles. The molecular weight excluding hydrogens is 294 g/mol. The summed E-state index contributed by atoms with van der Waals surface area (Å²) in [5.74, 6) is 0. The molecule has 0 radical (unpaired) electrons. The van der Waals surface area contributed by atoms with E-state index < -0.39 is 0 Å². The Bertz CT molecular complexity index is 665. The van der Waals surface area contributed by atoms with Crippen LogP contribution < -0.4 is 11.0 Å². The lowest BCUT2D eigenvalue weighted by Gasteiger charge is -2.12. The molecule has 1 aromatic heterocycles. The van der Waals surface area contributed by atoms with Gasteiger partial charge in [-0.1, -0.05) is 15.9 Å². The zero-order valence-electron chi connectivity index (χ0n) is 10.5. The Hall–Kier alpha value is -1.07. The first-order valence-electron chi connectivity index (χ1n) is 6.17. The molecule has 1 saturated heterocycles. The lowest BCUT2D eigenvalue weighted by Crippen LogP contribution is -2.27. The topological polar surface area (TPSA) is 39.0 Å². The highest BCUT2D eigenvalue weighted by atomic mass is 79.9. The Morgan fingerprint density at radius 3 is 2.89 bits per heavy atom. The van der Waals surface area contributed by atoms with E-state index in [1.807, 2.05) is 17.7 Å². The van der Waals surface area contributed by atoms with E-state index in [0.717, 1.165) is 40.6 Å². The molecule has 4 nitrogen and oxygen atoms in total. The summed E-state index contributed by atoms with van der Waals surface area (Å²) >= 11 is 3.50. The highest BCUT2D eigenvalue weighted by molar-refractivity contribution is 9.10. The van der Waals surface area contributed by atoms with Crippen LogP contribution in [0.3, 0.4) is 0 Å². The van der Waals surface area contributed by atoms with Crippen molar-refractivity contribution in [2.45, 2.75) is 19.4 Å². The van der Waals surface area contributed by atoms with Gasteiger partial charge >= 0.3 is 5.69 Å². The Morgan fingerprint density at radius 2 is 2.22 bits per heavy atom. The molecular formula is C13H16BrN3O. The van der Waals surface area contributed by atoms with Crippen LogP contribution in [-0.4, -0.2) is 22.2 Å². The molecule has 1 atom stereocenters. The first-order valence-corrected chi connectivity index (χ1v) is 6.96. The minimum absolute atomic E-state index is 0.0832. The highest BCUT2D eigenvalue weighted by Crippen LogP contribution is 2.26. The molecule has 18 heavy (non-hydrogen) atoms. The number of aryl methyl sites for hydroxylation is 2. The fraction of sp³-hybridized carbons (Fsp3) is 0.462.